The summed E-state index contributed by atoms with van der Waals surface area (Å²) in [4.78, 5) is 16.8. The van der Waals surface area contributed by atoms with Crippen LogP contribution in [0.25, 0.3) is 0 Å². The fraction of sp³-hybridized carbons (Fsp3) is 0.353. The Bertz CT molecular complexity index is 746. The van der Waals surface area contributed by atoms with Crippen molar-refractivity contribution in [3.63, 3.8) is 0 Å². The molecule has 5 heteroatoms. The molecule has 0 saturated heterocycles. The van der Waals surface area contributed by atoms with E-state index >= 15 is 0 Å². The van der Waals surface area contributed by atoms with Gasteiger partial charge in [0, 0.05) is 27.1 Å². The van der Waals surface area contributed by atoms with Crippen LogP contribution in [0.4, 0.5) is 5.69 Å². The molecule has 2 aromatic rings. The lowest BCUT2D eigenvalue weighted by molar-refractivity contribution is 0.0999. The summed E-state index contributed by atoms with van der Waals surface area (Å²) < 4.78 is 0.950. The Kier molecular flexibility index (Phi) is 3.91. The number of rotatable bonds is 2. The van der Waals surface area contributed by atoms with E-state index < -0.39 is 0 Å². The molecular weight excluding hydrogens is 360 g/mol. The van der Waals surface area contributed by atoms with E-state index in [0.717, 1.165) is 26.2 Å². The van der Waals surface area contributed by atoms with Gasteiger partial charge in [0.1, 0.15) is 0 Å². The number of nitrogens with zero attached hydrogens (tertiary/aromatic N) is 1. The molecule has 0 saturated carbocycles. The lowest BCUT2D eigenvalue weighted by atomic mass is 9.94. The SMILES string of the molecule is CC(C)(C)c1cc2c(s1)C(=O)N(c1cccc(Br)c1CN)C2. The van der Waals surface area contributed by atoms with Crippen LogP contribution >= 0.6 is 27.3 Å². The van der Waals surface area contributed by atoms with Crippen molar-refractivity contribution >= 4 is 38.9 Å². The molecule has 1 aliphatic heterocycles. The Labute approximate surface area is 143 Å². The van der Waals surface area contributed by atoms with E-state index in [4.69, 9.17) is 5.73 Å². The van der Waals surface area contributed by atoms with Gasteiger partial charge in [-0.05, 0) is 29.2 Å². The third-order valence-electron chi connectivity index (χ3n) is 3.91. The minimum absolute atomic E-state index is 0.0817. The normalized spacial score (nSPS) is 14.6. The summed E-state index contributed by atoms with van der Waals surface area (Å²) in [7, 11) is 0. The van der Waals surface area contributed by atoms with Gasteiger partial charge in [-0.3, -0.25) is 4.79 Å². The molecule has 3 rings (SSSR count). The molecule has 0 fully saturated rings. The predicted octanol–water partition coefficient (Wildman–Crippen LogP) is 4.43. The molecule has 0 aliphatic carbocycles. The van der Waals surface area contributed by atoms with Crippen LogP contribution in [0.15, 0.2) is 28.7 Å². The van der Waals surface area contributed by atoms with Crippen molar-refractivity contribution in [3.05, 3.63) is 49.6 Å². The van der Waals surface area contributed by atoms with Gasteiger partial charge in [-0.15, -0.1) is 11.3 Å². The van der Waals surface area contributed by atoms with E-state index in [1.54, 1.807) is 11.3 Å². The van der Waals surface area contributed by atoms with Gasteiger partial charge >= 0.3 is 0 Å². The lowest BCUT2D eigenvalue weighted by Crippen LogP contribution is -2.25. The summed E-state index contributed by atoms with van der Waals surface area (Å²) in [6.45, 7) is 7.57. The first-order valence-electron chi connectivity index (χ1n) is 7.25. The fourth-order valence-corrected chi connectivity index (χ4v) is 4.36. The number of fused-ring (bicyclic) bond motifs is 1. The molecule has 0 radical (unpaired) electrons. The van der Waals surface area contributed by atoms with Crippen molar-refractivity contribution in [2.75, 3.05) is 4.90 Å². The van der Waals surface area contributed by atoms with Gasteiger partial charge in [-0.1, -0.05) is 42.8 Å². The number of benzene rings is 1. The van der Waals surface area contributed by atoms with E-state index in [1.807, 2.05) is 23.1 Å². The average molecular weight is 379 g/mol. The first-order valence-corrected chi connectivity index (χ1v) is 8.86. The third kappa shape index (κ3) is 2.51. The first-order chi connectivity index (χ1) is 10.3. The van der Waals surface area contributed by atoms with Crippen molar-refractivity contribution in [1.82, 2.24) is 0 Å². The zero-order valence-corrected chi connectivity index (χ0v) is 15.3. The molecule has 1 amide bonds. The van der Waals surface area contributed by atoms with Crippen LogP contribution in [0.3, 0.4) is 0 Å². The van der Waals surface area contributed by atoms with E-state index in [1.165, 1.54) is 4.88 Å². The standard InChI is InChI=1S/C17H19BrN2OS/c1-17(2,3)14-7-10-9-20(16(21)15(10)22-14)13-6-4-5-12(18)11(13)8-19/h4-7H,8-9,19H2,1-3H3. The molecule has 116 valence electrons. The van der Waals surface area contributed by atoms with E-state index in [-0.39, 0.29) is 11.3 Å². The lowest BCUT2D eigenvalue weighted by Gasteiger charge is -2.21. The topological polar surface area (TPSA) is 46.3 Å². The summed E-state index contributed by atoms with van der Waals surface area (Å²) in [5.41, 5.74) is 8.95. The maximum Gasteiger partial charge on any atom is 0.269 e. The quantitative estimate of drug-likeness (QED) is 0.839. The highest BCUT2D eigenvalue weighted by Crippen LogP contribution is 2.40. The molecule has 1 aromatic carbocycles. The maximum atomic E-state index is 12.8. The fourth-order valence-electron chi connectivity index (χ4n) is 2.66. The number of anilines is 1. The molecule has 1 aliphatic rings. The van der Waals surface area contributed by atoms with Gasteiger partial charge in [0.05, 0.1) is 11.4 Å². The molecule has 3 nitrogen and oxygen atoms in total. The Morgan fingerprint density at radius 2 is 2.09 bits per heavy atom. The summed E-state index contributed by atoms with van der Waals surface area (Å²) in [6, 6.07) is 8.04. The zero-order valence-electron chi connectivity index (χ0n) is 12.9. The molecule has 0 atom stereocenters. The zero-order chi connectivity index (χ0) is 16.1. The summed E-state index contributed by atoms with van der Waals surface area (Å²) >= 11 is 5.14. The largest absolute Gasteiger partial charge is 0.326 e. The minimum Gasteiger partial charge on any atom is -0.326 e. The molecule has 0 unspecified atom stereocenters. The second-order valence-corrected chi connectivity index (χ2v) is 8.45. The Morgan fingerprint density at radius 1 is 1.36 bits per heavy atom. The second-order valence-electron chi connectivity index (χ2n) is 6.55. The first kappa shape index (κ1) is 15.7. The van der Waals surface area contributed by atoms with E-state index in [0.29, 0.717) is 13.1 Å². The number of hydrogen-bond donors (Lipinski definition) is 1. The smallest absolute Gasteiger partial charge is 0.269 e. The van der Waals surface area contributed by atoms with Gasteiger partial charge in [-0.2, -0.15) is 0 Å². The van der Waals surface area contributed by atoms with Crippen LogP contribution in [0.2, 0.25) is 0 Å². The van der Waals surface area contributed by atoms with Gasteiger partial charge in [-0.25, -0.2) is 0 Å². The highest BCUT2D eigenvalue weighted by Gasteiger charge is 2.34. The minimum atomic E-state index is 0.0817. The number of carbonyl (C=O) groups excluding carboxylic acids is 1. The third-order valence-corrected chi connectivity index (χ3v) is 6.24. The van der Waals surface area contributed by atoms with Crippen LogP contribution in [-0.2, 0) is 18.5 Å². The maximum absolute atomic E-state index is 12.8. The highest BCUT2D eigenvalue weighted by molar-refractivity contribution is 9.10. The molecular formula is C17H19BrN2OS. The Morgan fingerprint density at radius 3 is 2.68 bits per heavy atom. The number of nitrogens with two attached hydrogens (primary N) is 1. The van der Waals surface area contributed by atoms with Crippen molar-refractivity contribution in [1.29, 1.82) is 0 Å². The molecule has 1 aromatic heterocycles. The van der Waals surface area contributed by atoms with Crippen molar-refractivity contribution in [3.8, 4) is 0 Å². The summed E-state index contributed by atoms with van der Waals surface area (Å²) in [5, 5.41) is 0. The molecule has 0 spiro atoms. The highest BCUT2D eigenvalue weighted by atomic mass is 79.9. The van der Waals surface area contributed by atoms with Gasteiger partial charge in [0.25, 0.3) is 5.91 Å². The molecule has 0 bridgehead atoms. The Balaban J connectivity index is 1.99. The summed E-state index contributed by atoms with van der Waals surface area (Å²) in [6.07, 6.45) is 0. The second kappa shape index (κ2) is 5.48. The van der Waals surface area contributed by atoms with E-state index in [9.17, 15) is 4.79 Å². The monoisotopic (exact) mass is 378 g/mol. The molecule has 2 N–H and O–H groups in total. The Hall–Kier alpha value is -1.17. The van der Waals surface area contributed by atoms with Gasteiger partial charge < -0.3 is 10.6 Å². The van der Waals surface area contributed by atoms with E-state index in [2.05, 4.69) is 42.8 Å². The van der Waals surface area contributed by atoms with Crippen molar-refractivity contribution < 1.29 is 4.79 Å². The van der Waals surface area contributed by atoms with Crippen molar-refractivity contribution in [2.45, 2.75) is 39.3 Å². The van der Waals surface area contributed by atoms with Crippen LogP contribution in [0.1, 0.15) is 46.4 Å². The molecule has 22 heavy (non-hydrogen) atoms. The van der Waals surface area contributed by atoms with Crippen LogP contribution in [0.5, 0.6) is 0 Å². The van der Waals surface area contributed by atoms with Crippen LogP contribution in [0, 0.1) is 0 Å². The predicted molar refractivity (Wildman–Crippen MR) is 95.6 cm³/mol. The number of amides is 1. The summed E-state index contributed by atoms with van der Waals surface area (Å²) in [5.74, 6) is 0.0864. The van der Waals surface area contributed by atoms with Crippen molar-refractivity contribution in [2.24, 2.45) is 5.73 Å². The average Bonchev–Trinajstić information content (AvgIpc) is 2.98. The number of thiophene rings is 1. The van der Waals surface area contributed by atoms with Crippen LogP contribution < -0.4 is 10.6 Å². The molecule has 2 heterocycles. The number of carbonyl (C=O) groups is 1. The number of halogens is 1. The van der Waals surface area contributed by atoms with Crippen LogP contribution in [-0.4, -0.2) is 5.91 Å². The van der Waals surface area contributed by atoms with Gasteiger partial charge in [0.15, 0.2) is 0 Å². The number of hydrogen-bond acceptors (Lipinski definition) is 3. The van der Waals surface area contributed by atoms with Gasteiger partial charge in [0.2, 0.25) is 0 Å².